The molecule has 4 N–H and O–H groups in total. The Bertz CT molecular complexity index is 728. The highest BCUT2D eigenvalue weighted by molar-refractivity contribution is 5.80. The van der Waals surface area contributed by atoms with Crippen molar-refractivity contribution in [2.24, 2.45) is 0 Å². The summed E-state index contributed by atoms with van der Waals surface area (Å²) in [4.78, 5) is 3.99. The number of aromatic amines is 1. The Hall–Kier alpha value is -2.73. The van der Waals surface area contributed by atoms with Crippen molar-refractivity contribution in [3.63, 3.8) is 0 Å². The third-order valence-electron chi connectivity index (χ3n) is 3.06. The van der Waals surface area contributed by atoms with Crippen molar-refractivity contribution >= 4 is 0 Å². The van der Waals surface area contributed by atoms with Crippen LogP contribution >= 0.6 is 0 Å². The molecule has 2 aromatic heterocycles. The minimum absolute atomic E-state index is 0. The summed E-state index contributed by atoms with van der Waals surface area (Å²) < 4.78 is 18.5. The Balaban J connectivity index is 0.00000161. The number of H-pyrrole nitrogens is 1. The molecule has 0 aliphatic carbocycles. The van der Waals surface area contributed by atoms with E-state index in [1.807, 2.05) is 12.1 Å². The lowest BCUT2D eigenvalue weighted by Gasteiger charge is -2.06. The second-order valence-corrected chi connectivity index (χ2v) is 4.23. The van der Waals surface area contributed by atoms with E-state index >= 15 is 0 Å². The van der Waals surface area contributed by atoms with Gasteiger partial charge in [-0.3, -0.25) is 10.1 Å². The van der Waals surface area contributed by atoms with Gasteiger partial charge in [0.15, 0.2) is 11.6 Å². The molecule has 108 valence electrons. The van der Waals surface area contributed by atoms with Gasteiger partial charge in [0.05, 0.1) is 12.8 Å². The number of methoxy groups -OCH3 is 1. The zero-order chi connectivity index (χ0) is 13.9. The lowest BCUT2D eigenvalue weighted by Crippen LogP contribution is -1.89. The zero-order valence-corrected chi connectivity index (χ0v) is 11.5. The third-order valence-corrected chi connectivity index (χ3v) is 3.06. The van der Waals surface area contributed by atoms with Crippen LogP contribution in [0.3, 0.4) is 0 Å². The summed E-state index contributed by atoms with van der Waals surface area (Å²) >= 11 is 0. The number of hydrogen-bond donors (Lipinski definition) is 2. The summed E-state index contributed by atoms with van der Waals surface area (Å²) in [6.45, 7) is 0. The molecule has 0 radical (unpaired) electrons. The van der Waals surface area contributed by atoms with E-state index in [0.717, 1.165) is 22.4 Å². The minimum atomic E-state index is -0.384. The number of ether oxygens (including phenoxy) is 1. The molecule has 0 aliphatic heterocycles. The highest BCUT2D eigenvalue weighted by Crippen LogP contribution is 2.32. The van der Waals surface area contributed by atoms with Gasteiger partial charge in [-0.15, -0.1) is 0 Å². The van der Waals surface area contributed by atoms with E-state index < -0.39 is 0 Å². The number of nitrogens with zero attached hydrogens (tertiary/aromatic N) is 2. The number of aromatic nitrogens is 3. The molecule has 5 nitrogen and oxygen atoms in total. The van der Waals surface area contributed by atoms with Crippen LogP contribution in [-0.2, 0) is 0 Å². The first-order valence-electron chi connectivity index (χ1n) is 6.07. The Labute approximate surface area is 121 Å². The first-order valence-corrected chi connectivity index (χ1v) is 6.07. The van der Waals surface area contributed by atoms with Gasteiger partial charge in [0.2, 0.25) is 0 Å². The maximum absolute atomic E-state index is 13.5. The normalized spacial score (nSPS) is 10.0. The van der Waals surface area contributed by atoms with Crippen LogP contribution in [0.4, 0.5) is 4.39 Å². The maximum atomic E-state index is 13.5. The summed E-state index contributed by atoms with van der Waals surface area (Å²) in [5.74, 6) is -0.172. The molecule has 3 rings (SSSR count). The fraction of sp³-hybridized carbons (Fsp3) is 0.0667. The summed E-state index contributed by atoms with van der Waals surface area (Å²) in [5, 5.41) is 7.10. The number of benzene rings is 1. The van der Waals surface area contributed by atoms with Gasteiger partial charge in [0.25, 0.3) is 0 Å². The van der Waals surface area contributed by atoms with Crippen molar-refractivity contribution in [1.29, 1.82) is 0 Å². The molecule has 0 amide bonds. The van der Waals surface area contributed by atoms with E-state index in [1.54, 1.807) is 30.7 Å². The van der Waals surface area contributed by atoms with Crippen molar-refractivity contribution in [1.82, 2.24) is 21.3 Å². The maximum Gasteiger partial charge on any atom is 0.165 e. The molecule has 1 aromatic carbocycles. The fourth-order valence-electron chi connectivity index (χ4n) is 2.07. The Morgan fingerprint density at radius 1 is 1.10 bits per heavy atom. The highest BCUT2D eigenvalue weighted by Gasteiger charge is 2.12. The van der Waals surface area contributed by atoms with Gasteiger partial charge in [-0.25, -0.2) is 4.39 Å². The number of pyridine rings is 1. The van der Waals surface area contributed by atoms with E-state index in [2.05, 4.69) is 15.2 Å². The molecule has 0 spiro atoms. The van der Waals surface area contributed by atoms with Gasteiger partial charge in [-0.05, 0) is 29.8 Å². The van der Waals surface area contributed by atoms with E-state index in [9.17, 15) is 4.39 Å². The van der Waals surface area contributed by atoms with E-state index in [4.69, 9.17) is 4.74 Å². The lowest BCUT2D eigenvalue weighted by molar-refractivity contribution is 0.387. The van der Waals surface area contributed by atoms with E-state index in [1.165, 1.54) is 13.2 Å². The molecule has 3 aromatic rings. The average molecular weight is 286 g/mol. The van der Waals surface area contributed by atoms with Gasteiger partial charge in [0, 0.05) is 29.7 Å². The molecule has 0 saturated heterocycles. The molecule has 0 fully saturated rings. The molecule has 0 saturated carbocycles. The van der Waals surface area contributed by atoms with Crippen LogP contribution < -0.4 is 10.9 Å². The fourth-order valence-corrected chi connectivity index (χ4v) is 2.07. The van der Waals surface area contributed by atoms with Crippen LogP contribution in [0, 0.1) is 5.82 Å². The summed E-state index contributed by atoms with van der Waals surface area (Å²) in [5.41, 5.74) is 3.46. The lowest BCUT2D eigenvalue weighted by atomic mass is 10.0. The Morgan fingerprint density at radius 2 is 1.86 bits per heavy atom. The van der Waals surface area contributed by atoms with Crippen LogP contribution in [0.5, 0.6) is 5.75 Å². The summed E-state index contributed by atoms with van der Waals surface area (Å²) in [7, 11) is 1.45. The number of nitrogens with one attached hydrogen (secondary N) is 1. The van der Waals surface area contributed by atoms with Crippen LogP contribution in [0.1, 0.15) is 0 Å². The predicted octanol–water partition coefficient (Wildman–Crippen LogP) is 3.45. The van der Waals surface area contributed by atoms with E-state index in [0.29, 0.717) is 0 Å². The van der Waals surface area contributed by atoms with Crippen LogP contribution in [0.25, 0.3) is 22.4 Å². The quantitative estimate of drug-likeness (QED) is 0.772. The molecule has 6 heteroatoms. The first kappa shape index (κ1) is 14.7. The predicted molar refractivity (Wildman–Crippen MR) is 78.8 cm³/mol. The standard InChI is InChI=1S/C15H12FN3O.H3N/c1-20-14-8-11(2-3-13(14)16)12-9-18-19-15(12)10-4-6-17-7-5-10;/h2-9H,1H3,(H,18,19);1H3. The van der Waals surface area contributed by atoms with Crippen LogP contribution in [-0.4, -0.2) is 22.3 Å². The number of hydrogen-bond acceptors (Lipinski definition) is 4. The number of halogens is 1. The van der Waals surface area contributed by atoms with Crippen molar-refractivity contribution < 1.29 is 9.13 Å². The monoisotopic (exact) mass is 286 g/mol. The van der Waals surface area contributed by atoms with Crippen molar-refractivity contribution in [2.75, 3.05) is 7.11 Å². The van der Waals surface area contributed by atoms with Crippen molar-refractivity contribution in [2.45, 2.75) is 0 Å². The molecule has 21 heavy (non-hydrogen) atoms. The topological polar surface area (TPSA) is 85.8 Å². The SMILES string of the molecule is COc1cc(-c2c[nH]nc2-c2ccncc2)ccc1F.N. The number of rotatable bonds is 3. The summed E-state index contributed by atoms with van der Waals surface area (Å²) in [6.07, 6.45) is 5.19. The second-order valence-electron chi connectivity index (χ2n) is 4.23. The van der Waals surface area contributed by atoms with Crippen LogP contribution in [0.2, 0.25) is 0 Å². The molecular formula is C15H15FN4O. The average Bonchev–Trinajstić information content (AvgIpc) is 2.98. The van der Waals surface area contributed by atoms with Gasteiger partial charge < -0.3 is 10.9 Å². The van der Waals surface area contributed by atoms with Gasteiger partial charge in [0.1, 0.15) is 0 Å². The molecule has 0 aliphatic rings. The van der Waals surface area contributed by atoms with Gasteiger partial charge >= 0.3 is 0 Å². The molecule has 0 atom stereocenters. The summed E-state index contributed by atoms with van der Waals surface area (Å²) in [6, 6.07) is 8.50. The van der Waals surface area contributed by atoms with Gasteiger partial charge in [-0.2, -0.15) is 5.10 Å². The smallest absolute Gasteiger partial charge is 0.165 e. The molecule has 0 unspecified atom stereocenters. The van der Waals surface area contributed by atoms with Crippen molar-refractivity contribution in [3.05, 3.63) is 54.7 Å². The van der Waals surface area contributed by atoms with Crippen molar-refractivity contribution in [3.8, 4) is 28.1 Å². The largest absolute Gasteiger partial charge is 0.494 e. The zero-order valence-electron chi connectivity index (χ0n) is 11.5. The third kappa shape index (κ3) is 2.75. The van der Waals surface area contributed by atoms with Gasteiger partial charge in [-0.1, -0.05) is 6.07 Å². The first-order chi connectivity index (χ1) is 9.79. The molecule has 2 heterocycles. The highest BCUT2D eigenvalue weighted by atomic mass is 19.1. The molecular weight excluding hydrogens is 271 g/mol. The Kier molecular flexibility index (Phi) is 4.30. The minimum Gasteiger partial charge on any atom is -0.494 e. The molecule has 0 bridgehead atoms. The van der Waals surface area contributed by atoms with Crippen LogP contribution in [0.15, 0.2) is 48.9 Å². The van der Waals surface area contributed by atoms with E-state index in [-0.39, 0.29) is 17.7 Å². The second kappa shape index (κ2) is 6.15. The Morgan fingerprint density at radius 3 is 2.57 bits per heavy atom.